The number of hydrogen-bond donors (Lipinski definition) is 1. The Kier molecular flexibility index (Phi) is 5.35. The van der Waals surface area contributed by atoms with E-state index in [2.05, 4.69) is 0 Å². The first-order chi connectivity index (χ1) is 8.04. The van der Waals surface area contributed by atoms with Crippen LogP contribution in [0.3, 0.4) is 0 Å². The number of aryl methyl sites for hydroxylation is 1. The van der Waals surface area contributed by atoms with Crippen molar-refractivity contribution in [3.63, 3.8) is 0 Å². The number of esters is 1. The number of thioether (sulfide) groups is 1. The molecule has 0 fully saturated rings. The summed E-state index contributed by atoms with van der Waals surface area (Å²) in [5.74, 6) is 0.507. The van der Waals surface area contributed by atoms with Crippen LogP contribution < -0.4 is 5.73 Å². The molecule has 1 atom stereocenters. The molecule has 0 aliphatic carbocycles. The summed E-state index contributed by atoms with van der Waals surface area (Å²) in [7, 11) is 0. The highest BCUT2D eigenvalue weighted by molar-refractivity contribution is 7.99. The van der Waals surface area contributed by atoms with Gasteiger partial charge in [0.1, 0.15) is 0 Å². The molecular formula is C13H19NO2S. The van der Waals surface area contributed by atoms with Crippen molar-refractivity contribution in [3.8, 4) is 0 Å². The van der Waals surface area contributed by atoms with E-state index in [-0.39, 0.29) is 11.9 Å². The number of anilines is 1. The molecule has 0 aromatic heterocycles. The molecule has 94 valence electrons. The van der Waals surface area contributed by atoms with Crippen molar-refractivity contribution in [2.75, 3.05) is 18.1 Å². The lowest BCUT2D eigenvalue weighted by atomic mass is 10.2. The predicted molar refractivity (Wildman–Crippen MR) is 72.1 cm³/mol. The van der Waals surface area contributed by atoms with Crippen molar-refractivity contribution < 1.29 is 9.53 Å². The zero-order valence-electron chi connectivity index (χ0n) is 10.5. The summed E-state index contributed by atoms with van der Waals surface area (Å²) in [6.07, 6.45) is 0. The first-order valence-electron chi connectivity index (χ1n) is 5.70. The normalized spacial score (nSPS) is 12.2. The molecule has 1 unspecified atom stereocenters. The van der Waals surface area contributed by atoms with E-state index in [0.717, 1.165) is 21.9 Å². The lowest BCUT2D eigenvalue weighted by molar-refractivity contribution is -0.146. The van der Waals surface area contributed by atoms with Gasteiger partial charge in [0.15, 0.2) is 0 Å². The first kappa shape index (κ1) is 13.9. The molecule has 0 amide bonds. The van der Waals surface area contributed by atoms with Gasteiger partial charge < -0.3 is 10.5 Å². The molecule has 0 bridgehead atoms. The smallest absolute Gasteiger partial charge is 0.309 e. The van der Waals surface area contributed by atoms with Gasteiger partial charge in [-0.3, -0.25) is 4.79 Å². The zero-order valence-corrected chi connectivity index (χ0v) is 11.3. The van der Waals surface area contributed by atoms with Gasteiger partial charge in [0.05, 0.1) is 12.5 Å². The Morgan fingerprint density at radius 1 is 1.53 bits per heavy atom. The van der Waals surface area contributed by atoms with Crippen molar-refractivity contribution in [1.82, 2.24) is 0 Å². The Bertz CT molecular complexity index is 393. The first-order valence-corrected chi connectivity index (χ1v) is 6.68. The Hall–Kier alpha value is -1.16. The standard InChI is InChI=1S/C13H19NO2S/c1-4-16-13(15)10(3)8-17-11-5-6-12(14)9(2)7-11/h5-7,10H,4,8,14H2,1-3H3. The lowest BCUT2D eigenvalue weighted by Gasteiger charge is -2.10. The summed E-state index contributed by atoms with van der Waals surface area (Å²) < 4.78 is 4.96. The maximum absolute atomic E-state index is 11.4. The number of carbonyl (C=O) groups excluding carboxylic acids is 1. The molecule has 0 radical (unpaired) electrons. The Morgan fingerprint density at radius 3 is 2.82 bits per heavy atom. The molecular weight excluding hydrogens is 234 g/mol. The Balaban J connectivity index is 2.50. The van der Waals surface area contributed by atoms with Gasteiger partial charge in [0, 0.05) is 16.3 Å². The van der Waals surface area contributed by atoms with E-state index in [1.807, 2.05) is 39.0 Å². The third-order valence-corrected chi connectivity index (χ3v) is 3.68. The van der Waals surface area contributed by atoms with Crippen molar-refractivity contribution in [2.45, 2.75) is 25.7 Å². The van der Waals surface area contributed by atoms with Crippen molar-refractivity contribution in [2.24, 2.45) is 5.92 Å². The van der Waals surface area contributed by atoms with E-state index >= 15 is 0 Å². The van der Waals surface area contributed by atoms with Gasteiger partial charge >= 0.3 is 5.97 Å². The molecule has 1 aromatic rings. The second-order valence-electron chi connectivity index (χ2n) is 3.98. The minimum Gasteiger partial charge on any atom is -0.466 e. The highest BCUT2D eigenvalue weighted by Crippen LogP contribution is 2.24. The average Bonchev–Trinajstić information content (AvgIpc) is 2.30. The average molecular weight is 253 g/mol. The summed E-state index contributed by atoms with van der Waals surface area (Å²) in [5.41, 5.74) is 7.62. The molecule has 17 heavy (non-hydrogen) atoms. The van der Waals surface area contributed by atoms with E-state index in [0.29, 0.717) is 6.61 Å². The van der Waals surface area contributed by atoms with Gasteiger partial charge in [-0.15, -0.1) is 11.8 Å². The van der Waals surface area contributed by atoms with Crippen LogP contribution in [0.5, 0.6) is 0 Å². The van der Waals surface area contributed by atoms with E-state index in [1.165, 1.54) is 0 Å². The van der Waals surface area contributed by atoms with Crippen LogP contribution in [-0.2, 0) is 9.53 Å². The number of benzene rings is 1. The van der Waals surface area contributed by atoms with Crippen molar-refractivity contribution in [3.05, 3.63) is 23.8 Å². The van der Waals surface area contributed by atoms with Gasteiger partial charge in [-0.25, -0.2) is 0 Å². The highest BCUT2D eigenvalue weighted by Gasteiger charge is 2.14. The molecule has 2 N–H and O–H groups in total. The number of ether oxygens (including phenoxy) is 1. The Morgan fingerprint density at radius 2 is 2.24 bits per heavy atom. The summed E-state index contributed by atoms with van der Waals surface area (Å²) in [6, 6.07) is 5.91. The maximum atomic E-state index is 11.4. The van der Waals surface area contributed by atoms with Crippen LogP contribution in [0, 0.1) is 12.8 Å². The molecule has 0 saturated heterocycles. The topological polar surface area (TPSA) is 52.3 Å². The number of nitrogen functional groups attached to an aromatic ring is 1. The van der Waals surface area contributed by atoms with Crippen molar-refractivity contribution >= 4 is 23.4 Å². The van der Waals surface area contributed by atoms with Crippen LogP contribution in [0.25, 0.3) is 0 Å². The summed E-state index contributed by atoms with van der Waals surface area (Å²) in [4.78, 5) is 12.6. The number of nitrogens with two attached hydrogens (primary N) is 1. The summed E-state index contributed by atoms with van der Waals surface area (Å²) in [6.45, 7) is 6.12. The van der Waals surface area contributed by atoms with E-state index in [9.17, 15) is 4.79 Å². The number of carbonyl (C=O) groups is 1. The molecule has 3 nitrogen and oxygen atoms in total. The van der Waals surface area contributed by atoms with Crippen LogP contribution in [0.1, 0.15) is 19.4 Å². The van der Waals surface area contributed by atoms with Gasteiger partial charge in [-0.05, 0) is 37.6 Å². The molecule has 0 spiro atoms. The zero-order chi connectivity index (χ0) is 12.8. The quantitative estimate of drug-likeness (QED) is 0.498. The fourth-order valence-corrected chi connectivity index (χ4v) is 2.31. The van der Waals surface area contributed by atoms with Crippen LogP contribution in [0.2, 0.25) is 0 Å². The highest BCUT2D eigenvalue weighted by atomic mass is 32.2. The van der Waals surface area contributed by atoms with Gasteiger partial charge in [-0.1, -0.05) is 6.92 Å². The second kappa shape index (κ2) is 6.55. The van der Waals surface area contributed by atoms with Crippen LogP contribution in [0.4, 0.5) is 5.69 Å². The third kappa shape index (κ3) is 4.30. The van der Waals surface area contributed by atoms with Crippen LogP contribution >= 0.6 is 11.8 Å². The summed E-state index contributed by atoms with van der Waals surface area (Å²) >= 11 is 1.65. The molecule has 0 aliphatic rings. The largest absolute Gasteiger partial charge is 0.466 e. The van der Waals surface area contributed by atoms with E-state index < -0.39 is 0 Å². The predicted octanol–water partition coefficient (Wildman–Crippen LogP) is 2.87. The molecule has 0 heterocycles. The van der Waals surface area contributed by atoms with Crippen LogP contribution in [-0.4, -0.2) is 18.3 Å². The van der Waals surface area contributed by atoms with Crippen LogP contribution in [0.15, 0.2) is 23.1 Å². The monoisotopic (exact) mass is 253 g/mol. The number of rotatable bonds is 5. The molecule has 0 saturated carbocycles. The van der Waals surface area contributed by atoms with E-state index in [4.69, 9.17) is 10.5 Å². The molecule has 1 rings (SSSR count). The Labute approximate surface area is 107 Å². The maximum Gasteiger partial charge on any atom is 0.309 e. The third-order valence-electron chi connectivity index (χ3n) is 2.43. The van der Waals surface area contributed by atoms with E-state index in [1.54, 1.807) is 11.8 Å². The molecule has 1 aromatic carbocycles. The lowest BCUT2D eigenvalue weighted by Crippen LogP contribution is -2.16. The molecule has 4 heteroatoms. The fraction of sp³-hybridized carbons (Fsp3) is 0.462. The SMILES string of the molecule is CCOC(=O)C(C)CSc1ccc(N)c(C)c1. The molecule has 0 aliphatic heterocycles. The second-order valence-corrected chi connectivity index (χ2v) is 5.08. The number of hydrogen-bond acceptors (Lipinski definition) is 4. The minimum atomic E-state index is -0.132. The van der Waals surface area contributed by atoms with Gasteiger partial charge in [0.25, 0.3) is 0 Å². The van der Waals surface area contributed by atoms with Crippen molar-refractivity contribution in [1.29, 1.82) is 0 Å². The fourth-order valence-electron chi connectivity index (χ4n) is 1.31. The minimum absolute atomic E-state index is 0.0854. The van der Waals surface area contributed by atoms with Gasteiger partial charge in [-0.2, -0.15) is 0 Å². The summed E-state index contributed by atoms with van der Waals surface area (Å²) in [5, 5.41) is 0. The van der Waals surface area contributed by atoms with Gasteiger partial charge in [0.2, 0.25) is 0 Å².